The predicted molar refractivity (Wildman–Crippen MR) is 139 cm³/mol. The van der Waals surface area contributed by atoms with Crippen molar-refractivity contribution >= 4 is 0 Å². The maximum atomic E-state index is 5.67. The zero-order valence-corrected chi connectivity index (χ0v) is 21.5. The second-order valence-electron chi connectivity index (χ2n) is 10.9. The summed E-state index contributed by atoms with van der Waals surface area (Å²) in [6, 6.07) is 6.48. The van der Waals surface area contributed by atoms with Crippen LogP contribution in [0.2, 0.25) is 0 Å². The highest BCUT2D eigenvalue weighted by atomic mass is 16.5. The Hall–Kier alpha value is -3.19. The quantitative estimate of drug-likeness (QED) is 0.491. The molecular weight excluding hydrogens is 436 g/mol. The van der Waals surface area contributed by atoms with Gasteiger partial charge in [-0.2, -0.15) is 0 Å². The SMILES string of the molecule is COc1cc(-c2cn(C3CCN(CC4=CCC(C(C)(C)C)C=C4)C3)nn2)ccc1-n1cnc(C)c1. The molecule has 2 atom stereocenters. The Balaban J connectivity index is 1.23. The van der Waals surface area contributed by atoms with Crippen molar-refractivity contribution in [3.05, 3.63) is 66.4 Å². The van der Waals surface area contributed by atoms with Crippen LogP contribution >= 0.6 is 0 Å². The molecule has 2 aromatic heterocycles. The fourth-order valence-electron chi connectivity index (χ4n) is 5.04. The highest BCUT2D eigenvalue weighted by molar-refractivity contribution is 5.64. The third-order valence-electron chi connectivity index (χ3n) is 7.29. The average Bonchev–Trinajstić information content (AvgIpc) is 3.59. The number of allylic oxidation sites excluding steroid dienone is 2. The number of rotatable bonds is 6. The van der Waals surface area contributed by atoms with Gasteiger partial charge in [-0.1, -0.05) is 50.3 Å². The Morgan fingerprint density at radius 3 is 2.71 bits per heavy atom. The van der Waals surface area contributed by atoms with Crippen LogP contribution in [0.3, 0.4) is 0 Å². The Morgan fingerprint density at radius 2 is 2.03 bits per heavy atom. The van der Waals surface area contributed by atoms with Crippen molar-refractivity contribution in [2.45, 2.75) is 46.6 Å². The molecule has 0 amide bonds. The van der Waals surface area contributed by atoms with E-state index in [-0.39, 0.29) is 0 Å². The smallest absolute Gasteiger partial charge is 0.143 e. The molecule has 1 saturated heterocycles. The van der Waals surface area contributed by atoms with Gasteiger partial charge >= 0.3 is 0 Å². The summed E-state index contributed by atoms with van der Waals surface area (Å²) in [5.41, 5.74) is 5.54. The van der Waals surface area contributed by atoms with Crippen molar-refractivity contribution in [2.24, 2.45) is 11.3 Å². The lowest BCUT2D eigenvalue weighted by Gasteiger charge is -2.30. The maximum absolute atomic E-state index is 5.67. The van der Waals surface area contributed by atoms with Gasteiger partial charge < -0.3 is 9.30 Å². The molecule has 0 N–H and O–H groups in total. The van der Waals surface area contributed by atoms with Crippen molar-refractivity contribution in [2.75, 3.05) is 26.7 Å². The maximum Gasteiger partial charge on any atom is 0.143 e. The molecule has 35 heavy (non-hydrogen) atoms. The van der Waals surface area contributed by atoms with Crippen LogP contribution in [-0.4, -0.2) is 56.2 Å². The molecule has 0 spiro atoms. The van der Waals surface area contributed by atoms with E-state index in [4.69, 9.17) is 4.74 Å². The van der Waals surface area contributed by atoms with Crippen LogP contribution in [-0.2, 0) is 0 Å². The number of methoxy groups -OCH3 is 1. The number of hydrogen-bond acceptors (Lipinski definition) is 5. The zero-order chi connectivity index (χ0) is 24.6. The van der Waals surface area contributed by atoms with Gasteiger partial charge in [-0.3, -0.25) is 4.90 Å². The molecule has 0 radical (unpaired) electrons. The number of hydrogen-bond donors (Lipinski definition) is 0. The number of likely N-dealkylation sites (tertiary alicyclic amines) is 1. The van der Waals surface area contributed by atoms with Crippen LogP contribution in [0.25, 0.3) is 16.9 Å². The zero-order valence-electron chi connectivity index (χ0n) is 21.5. The van der Waals surface area contributed by atoms with Gasteiger partial charge in [-0.15, -0.1) is 5.10 Å². The minimum absolute atomic E-state index is 0.324. The fourth-order valence-corrected chi connectivity index (χ4v) is 5.04. The molecule has 1 aromatic carbocycles. The van der Waals surface area contributed by atoms with Gasteiger partial charge in [0.05, 0.1) is 37.1 Å². The minimum Gasteiger partial charge on any atom is -0.495 e. The highest BCUT2D eigenvalue weighted by Gasteiger charge is 2.27. The summed E-state index contributed by atoms with van der Waals surface area (Å²) in [5, 5.41) is 8.97. The normalized spacial score (nSPS) is 20.9. The third kappa shape index (κ3) is 5.10. The van der Waals surface area contributed by atoms with Crippen molar-refractivity contribution in [3.63, 3.8) is 0 Å². The summed E-state index contributed by atoms with van der Waals surface area (Å²) in [7, 11) is 1.69. The van der Waals surface area contributed by atoms with E-state index in [1.54, 1.807) is 13.4 Å². The van der Waals surface area contributed by atoms with Crippen LogP contribution in [0.4, 0.5) is 0 Å². The van der Waals surface area contributed by atoms with Crippen LogP contribution in [0, 0.1) is 18.3 Å². The first-order chi connectivity index (χ1) is 16.8. The molecule has 0 saturated carbocycles. The molecule has 3 aromatic rings. The van der Waals surface area contributed by atoms with E-state index < -0.39 is 0 Å². The van der Waals surface area contributed by atoms with E-state index in [0.717, 1.165) is 60.9 Å². The van der Waals surface area contributed by atoms with Gasteiger partial charge in [0.2, 0.25) is 0 Å². The lowest BCUT2D eigenvalue weighted by atomic mass is 9.76. The molecule has 7 nitrogen and oxygen atoms in total. The molecule has 7 heteroatoms. The van der Waals surface area contributed by atoms with Crippen LogP contribution in [0.1, 0.15) is 45.3 Å². The summed E-state index contributed by atoms with van der Waals surface area (Å²) in [6.07, 6.45) is 15.3. The topological polar surface area (TPSA) is 61.0 Å². The third-order valence-corrected chi connectivity index (χ3v) is 7.29. The second kappa shape index (κ2) is 9.46. The molecule has 0 bridgehead atoms. The predicted octanol–water partition coefficient (Wildman–Crippen LogP) is 5.24. The number of nitrogens with zero attached hydrogens (tertiary/aromatic N) is 6. The lowest BCUT2D eigenvalue weighted by Crippen LogP contribution is -2.25. The van der Waals surface area contributed by atoms with E-state index in [9.17, 15) is 0 Å². The lowest BCUT2D eigenvalue weighted by molar-refractivity contribution is 0.291. The Morgan fingerprint density at radius 1 is 1.17 bits per heavy atom. The van der Waals surface area contributed by atoms with Gasteiger partial charge in [-0.25, -0.2) is 9.67 Å². The molecular formula is C28H36N6O. The van der Waals surface area contributed by atoms with E-state index in [0.29, 0.717) is 17.4 Å². The first kappa shape index (κ1) is 23.5. The number of aryl methyl sites for hydroxylation is 1. The second-order valence-corrected chi connectivity index (χ2v) is 10.9. The van der Waals surface area contributed by atoms with Crippen LogP contribution < -0.4 is 4.74 Å². The summed E-state index contributed by atoms with van der Waals surface area (Å²) < 4.78 is 9.68. The van der Waals surface area contributed by atoms with E-state index in [1.807, 2.05) is 34.5 Å². The molecule has 1 aliphatic heterocycles. The van der Waals surface area contributed by atoms with E-state index in [2.05, 4.69) is 71.5 Å². The van der Waals surface area contributed by atoms with Gasteiger partial charge in [-0.05, 0) is 48.8 Å². The van der Waals surface area contributed by atoms with E-state index in [1.165, 1.54) is 5.57 Å². The van der Waals surface area contributed by atoms with E-state index >= 15 is 0 Å². The molecule has 3 heterocycles. The Labute approximate surface area is 208 Å². The minimum atomic E-state index is 0.324. The first-order valence-corrected chi connectivity index (χ1v) is 12.5. The molecule has 2 aliphatic rings. The molecule has 1 fully saturated rings. The summed E-state index contributed by atoms with van der Waals surface area (Å²) >= 11 is 0. The Bertz CT molecular complexity index is 1240. The Kier molecular flexibility index (Phi) is 6.36. The molecule has 5 rings (SSSR count). The van der Waals surface area contributed by atoms with Crippen LogP contribution in [0.15, 0.2) is 60.7 Å². The summed E-state index contributed by atoms with van der Waals surface area (Å²) in [4.78, 5) is 6.86. The largest absolute Gasteiger partial charge is 0.495 e. The van der Waals surface area contributed by atoms with Crippen LogP contribution in [0.5, 0.6) is 5.75 Å². The van der Waals surface area contributed by atoms with Crippen molar-refractivity contribution in [1.29, 1.82) is 0 Å². The molecule has 1 aliphatic carbocycles. The first-order valence-electron chi connectivity index (χ1n) is 12.5. The van der Waals surface area contributed by atoms with Gasteiger partial charge in [0.1, 0.15) is 11.4 Å². The monoisotopic (exact) mass is 472 g/mol. The highest BCUT2D eigenvalue weighted by Crippen LogP contribution is 2.34. The van der Waals surface area contributed by atoms with Crippen molar-refractivity contribution < 1.29 is 4.74 Å². The summed E-state index contributed by atoms with van der Waals surface area (Å²) in [5.74, 6) is 1.41. The van der Waals surface area contributed by atoms with Crippen molar-refractivity contribution in [3.8, 4) is 22.7 Å². The molecule has 2 unspecified atom stereocenters. The standard InChI is InChI=1S/C28H36N6O/c1-20-15-33(19-29-20)26-11-8-22(14-27(26)35-5)25-18-34(31-30-25)24-12-13-32(17-24)16-21-6-9-23(10-7-21)28(2,3)4/h6-9,11,14-15,18-19,23-24H,10,12-13,16-17H2,1-5H3. The number of ether oxygens (including phenoxy) is 1. The number of aromatic nitrogens is 5. The number of benzene rings is 1. The van der Waals surface area contributed by atoms with Crippen molar-refractivity contribution in [1.82, 2.24) is 29.4 Å². The van der Waals surface area contributed by atoms with Gasteiger partial charge in [0, 0.05) is 31.4 Å². The van der Waals surface area contributed by atoms with Gasteiger partial charge in [0.25, 0.3) is 0 Å². The number of imidazole rings is 1. The van der Waals surface area contributed by atoms with Gasteiger partial charge in [0.15, 0.2) is 0 Å². The summed E-state index contributed by atoms with van der Waals surface area (Å²) in [6.45, 7) is 12.0. The fraction of sp³-hybridized carbons (Fsp3) is 0.464. The molecule has 184 valence electrons. The average molecular weight is 473 g/mol.